The lowest BCUT2D eigenvalue weighted by atomic mass is 9.97. The highest BCUT2D eigenvalue weighted by Gasteiger charge is 2.25. The van der Waals surface area contributed by atoms with Crippen molar-refractivity contribution in [2.75, 3.05) is 33.9 Å². The zero-order chi connectivity index (χ0) is 28.6. The van der Waals surface area contributed by atoms with Crippen molar-refractivity contribution in [3.63, 3.8) is 0 Å². The fourth-order valence-electron chi connectivity index (χ4n) is 4.92. The molecular weight excluding hydrogens is 540 g/mol. The number of primary sulfonamides is 1. The second kappa shape index (κ2) is 11.0. The zero-order valence-electron chi connectivity index (χ0n) is 22.3. The summed E-state index contributed by atoms with van der Waals surface area (Å²) in [5, 5.41) is 5.91. The summed E-state index contributed by atoms with van der Waals surface area (Å²) < 4.78 is 65.8. The number of sulfonamides is 1. The van der Waals surface area contributed by atoms with E-state index < -0.39 is 32.1 Å². The van der Waals surface area contributed by atoms with Crippen LogP contribution < -0.4 is 14.6 Å². The topological polar surface area (TPSA) is 121 Å². The Hall–Kier alpha value is -3.74. The van der Waals surface area contributed by atoms with Crippen LogP contribution in [0.15, 0.2) is 47.8 Å². The van der Waals surface area contributed by atoms with Gasteiger partial charge in [-0.1, -0.05) is 0 Å². The van der Waals surface area contributed by atoms with Gasteiger partial charge in [-0.3, -0.25) is 0 Å². The van der Waals surface area contributed by atoms with Crippen molar-refractivity contribution in [1.82, 2.24) is 19.9 Å². The number of ether oxygens (including phenoxy) is 2. The molecule has 1 aliphatic rings. The van der Waals surface area contributed by atoms with Crippen LogP contribution in [0.25, 0.3) is 33.2 Å². The van der Waals surface area contributed by atoms with Gasteiger partial charge >= 0.3 is 0 Å². The molecule has 5 rings (SSSR count). The number of benzene rings is 2. The van der Waals surface area contributed by atoms with Gasteiger partial charge in [0.2, 0.25) is 15.9 Å². The molecule has 40 heavy (non-hydrogen) atoms. The third-order valence-corrected chi connectivity index (χ3v) is 8.15. The van der Waals surface area contributed by atoms with Crippen LogP contribution in [-0.4, -0.2) is 62.1 Å². The van der Waals surface area contributed by atoms with Crippen LogP contribution in [-0.2, 0) is 10.0 Å². The van der Waals surface area contributed by atoms with Crippen molar-refractivity contribution in [1.29, 1.82) is 0 Å². The van der Waals surface area contributed by atoms with Gasteiger partial charge in [-0.05, 0) is 81.7 Å². The summed E-state index contributed by atoms with van der Waals surface area (Å²) in [6.45, 7) is 4.40. The Bertz CT molecular complexity index is 1690. The predicted molar refractivity (Wildman–Crippen MR) is 146 cm³/mol. The molecule has 210 valence electrons. The number of fused-ring (bicyclic) bond motifs is 1. The smallest absolute Gasteiger partial charge is 0.240 e. The zero-order valence-corrected chi connectivity index (χ0v) is 23.1. The minimum atomic E-state index is -4.45. The lowest BCUT2D eigenvalue weighted by Gasteiger charge is -2.28. The van der Waals surface area contributed by atoms with Gasteiger partial charge in [-0.15, -0.1) is 0 Å². The number of rotatable bonds is 7. The van der Waals surface area contributed by atoms with Gasteiger partial charge < -0.3 is 14.4 Å². The lowest BCUT2D eigenvalue weighted by Crippen LogP contribution is -2.32. The van der Waals surface area contributed by atoms with Gasteiger partial charge in [0.1, 0.15) is 28.3 Å². The van der Waals surface area contributed by atoms with Crippen LogP contribution in [0.5, 0.6) is 11.6 Å². The first-order valence-electron chi connectivity index (χ1n) is 12.7. The summed E-state index contributed by atoms with van der Waals surface area (Å²) in [5.74, 6) is -1.45. The van der Waals surface area contributed by atoms with Crippen molar-refractivity contribution in [2.45, 2.75) is 24.7 Å². The van der Waals surface area contributed by atoms with Gasteiger partial charge in [0.05, 0.1) is 24.8 Å². The normalized spacial score (nSPS) is 14.9. The molecule has 2 N–H and O–H groups in total. The maximum Gasteiger partial charge on any atom is 0.240 e. The maximum atomic E-state index is 15.4. The molecule has 4 aromatic rings. The molecular formula is C28H29F2N5O4S. The van der Waals surface area contributed by atoms with Gasteiger partial charge in [0.25, 0.3) is 0 Å². The van der Waals surface area contributed by atoms with E-state index >= 15 is 4.39 Å². The largest absolute Gasteiger partial charge is 0.491 e. The Morgan fingerprint density at radius 2 is 1.82 bits per heavy atom. The monoisotopic (exact) mass is 569 g/mol. The van der Waals surface area contributed by atoms with E-state index in [4.69, 9.17) is 14.6 Å². The molecule has 3 heterocycles. The Kier molecular flexibility index (Phi) is 7.67. The van der Waals surface area contributed by atoms with Gasteiger partial charge in [-0.2, -0.15) is 0 Å². The van der Waals surface area contributed by atoms with Crippen LogP contribution in [0.2, 0.25) is 0 Å². The molecule has 0 bridgehead atoms. The number of aromatic nitrogens is 3. The number of hydrogen-bond donors (Lipinski definition) is 1. The van der Waals surface area contributed by atoms with E-state index in [-0.39, 0.29) is 11.4 Å². The first kappa shape index (κ1) is 27.8. The minimum Gasteiger partial charge on any atom is -0.491 e. The van der Waals surface area contributed by atoms with Crippen molar-refractivity contribution in [3.8, 4) is 33.9 Å². The Morgan fingerprint density at radius 3 is 2.52 bits per heavy atom. The first-order valence-corrected chi connectivity index (χ1v) is 14.2. The molecule has 2 aromatic heterocycles. The number of hydrogen-bond acceptors (Lipinski definition) is 8. The molecule has 0 aliphatic carbocycles. The average molecular weight is 570 g/mol. The van der Waals surface area contributed by atoms with Crippen LogP contribution in [0.3, 0.4) is 0 Å². The average Bonchev–Trinajstić information content (AvgIpc) is 2.92. The molecule has 1 fully saturated rings. The van der Waals surface area contributed by atoms with E-state index in [2.05, 4.69) is 26.9 Å². The molecule has 0 unspecified atom stereocenters. The van der Waals surface area contributed by atoms with E-state index in [9.17, 15) is 12.8 Å². The highest BCUT2D eigenvalue weighted by molar-refractivity contribution is 7.89. The third-order valence-electron chi connectivity index (χ3n) is 7.22. The van der Waals surface area contributed by atoms with Gasteiger partial charge in [0.15, 0.2) is 5.82 Å². The number of likely N-dealkylation sites (tertiary alicyclic amines) is 1. The van der Waals surface area contributed by atoms with E-state index in [1.165, 1.54) is 25.7 Å². The fourth-order valence-corrected chi connectivity index (χ4v) is 5.53. The van der Waals surface area contributed by atoms with Crippen LogP contribution >= 0.6 is 0 Å². The molecule has 0 amide bonds. The van der Waals surface area contributed by atoms with E-state index in [0.717, 1.165) is 49.1 Å². The number of pyridine rings is 1. The summed E-state index contributed by atoms with van der Waals surface area (Å²) in [5.41, 5.74) is 1.83. The van der Waals surface area contributed by atoms with Crippen LogP contribution in [0, 0.1) is 24.5 Å². The number of piperidine rings is 1. The highest BCUT2D eigenvalue weighted by atomic mass is 32.2. The molecule has 12 heteroatoms. The van der Waals surface area contributed by atoms with E-state index in [1.54, 1.807) is 0 Å². The molecule has 0 spiro atoms. The van der Waals surface area contributed by atoms with Gasteiger partial charge in [-0.25, -0.2) is 37.3 Å². The summed E-state index contributed by atoms with van der Waals surface area (Å²) in [6, 6.07) is 6.78. The van der Waals surface area contributed by atoms with Crippen molar-refractivity contribution in [3.05, 3.63) is 60.2 Å². The number of aryl methyl sites for hydroxylation is 1. The van der Waals surface area contributed by atoms with Crippen molar-refractivity contribution >= 4 is 20.9 Å². The second-order valence-electron chi connectivity index (χ2n) is 9.95. The Morgan fingerprint density at radius 1 is 1.07 bits per heavy atom. The standard InChI is InChI=1S/C28H29F2N5O4S/c1-16-20-10-18(12-23(27(20)34-15-33-16)39-14-17-6-8-35(2)9-7-17)19-11-21(28(38-3)32-13-19)25-22(29)4-5-24(26(25)30)40(31,36)37/h4-5,10-13,15,17H,6-9,14H2,1-3H3,(H2,31,36,37). The molecule has 9 nitrogen and oxygen atoms in total. The number of nitrogens with two attached hydrogens (primary N) is 1. The lowest BCUT2D eigenvalue weighted by molar-refractivity contribution is 0.161. The fraction of sp³-hybridized carbons (Fsp3) is 0.321. The summed E-state index contributed by atoms with van der Waals surface area (Å²) in [6.07, 6.45) is 5.05. The Labute approximate surface area is 231 Å². The highest BCUT2D eigenvalue weighted by Crippen LogP contribution is 2.39. The molecule has 1 saturated heterocycles. The number of methoxy groups -OCH3 is 1. The van der Waals surface area contributed by atoms with Crippen molar-refractivity contribution in [2.24, 2.45) is 11.1 Å². The predicted octanol–water partition coefficient (Wildman–Crippen LogP) is 4.32. The SMILES string of the molecule is COc1ncc(-c2cc(OCC3CCN(C)CC3)c3ncnc(C)c3c2)cc1-c1c(F)ccc(S(N)(=O)=O)c1F. The van der Waals surface area contributed by atoms with Gasteiger partial charge in [0, 0.05) is 22.8 Å². The number of nitrogens with zero attached hydrogens (tertiary/aromatic N) is 4. The number of halogens is 2. The summed E-state index contributed by atoms with van der Waals surface area (Å²) in [4.78, 5) is 14.5. The van der Waals surface area contributed by atoms with Crippen LogP contribution in [0.4, 0.5) is 8.78 Å². The minimum absolute atomic E-state index is 0.0737. The quantitative estimate of drug-likeness (QED) is 0.349. The van der Waals surface area contributed by atoms with Crippen LogP contribution in [0.1, 0.15) is 18.5 Å². The van der Waals surface area contributed by atoms with Crippen molar-refractivity contribution < 1.29 is 26.7 Å². The maximum absolute atomic E-state index is 15.4. The molecule has 1 aliphatic heterocycles. The Balaban J connectivity index is 1.62. The molecule has 0 radical (unpaired) electrons. The van der Waals surface area contributed by atoms with E-state index in [1.807, 2.05) is 19.1 Å². The van der Waals surface area contributed by atoms with E-state index in [0.29, 0.717) is 34.9 Å². The summed E-state index contributed by atoms with van der Waals surface area (Å²) >= 11 is 0. The first-order chi connectivity index (χ1) is 19.1. The summed E-state index contributed by atoms with van der Waals surface area (Å²) in [7, 11) is -1.05. The second-order valence-corrected chi connectivity index (χ2v) is 11.5. The molecule has 0 saturated carbocycles. The third kappa shape index (κ3) is 5.47. The molecule has 0 atom stereocenters. The molecule has 2 aromatic carbocycles.